The lowest BCUT2D eigenvalue weighted by atomic mass is 10.3. The van der Waals surface area contributed by atoms with Crippen molar-refractivity contribution in [3.63, 3.8) is 0 Å². The largest absolute Gasteiger partial charge is 0.363 e. The molecule has 24 heavy (non-hydrogen) atoms. The van der Waals surface area contributed by atoms with Crippen LogP contribution in [0.5, 0.6) is 0 Å². The molecule has 0 saturated heterocycles. The second-order valence-corrected chi connectivity index (χ2v) is 5.30. The molecular formula is C16H17N7O. The van der Waals surface area contributed by atoms with Gasteiger partial charge in [0.25, 0.3) is 5.91 Å². The summed E-state index contributed by atoms with van der Waals surface area (Å²) in [6.45, 7) is 0.352. The second-order valence-electron chi connectivity index (χ2n) is 5.30. The van der Waals surface area contributed by atoms with Crippen LogP contribution in [0.15, 0.2) is 49.3 Å². The molecule has 8 heteroatoms. The Morgan fingerprint density at radius 3 is 2.83 bits per heavy atom. The summed E-state index contributed by atoms with van der Waals surface area (Å²) in [5.74, 6) is 1.15. The van der Waals surface area contributed by atoms with Crippen LogP contribution in [0.1, 0.15) is 16.2 Å². The predicted molar refractivity (Wildman–Crippen MR) is 88.9 cm³/mol. The van der Waals surface area contributed by atoms with E-state index in [4.69, 9.17) is 0 Å². The molecule has 0 aliphatic heterocycles. The Hall–Kier alpha value is -3.29. The molecule has 0 aliphatic rings. The molecule has 0 aliphatic carbocycles. The topological polar surface area (TPSA) is 88.8 Å². The van der Waals surface area contributed by atoms with Gasteiger partial charge in [0.1, 0.15) is 30.0 Å². The van der Waals surface area contributed by atoms with E-state index >= 15 is 0 Å². The Labute approximate surface area is 139 Å². The van der Waals surface area contributed by atoms with E-state index in [0.717, 1.165) is 11.5 Å². The Bertz CT molecular complexity index is 829. The zero-order valence-corrected chi connectivity index (χ0v) is 13.4. The second kappa shape index (κ2) is 6.86. The van der Waals surface area contributed by atoms with Gasteiger partial charge in [-0.3, -0.25) is 14.3 Å². The lowest BCUT2D eigenvalue weighted by Gasteiger charge is -2.11. The first-order valence-corrected chi connectivity index (χ1v) is 7.35. The van der Waals surface area contributed by atoms with Crippen molar-refractivity contribution in [1.82, 2.24) is 29.8 Å². The van der Waals surface area contributed by atoms with Crippen LogP contribution in [0.4, 0.5) is 5.82 Å². The summed E-state index contributed by atoms with van der Waals surface area (Å²) in [7, 11) is 3.80. The van der Waals surface area contributed by atoms with Crippen molar-refractivity contribution in [2.24, 2.45) is 0 Å². The average Bonchev–Trinajstić information content (AvgIpc) is 3.11. The molecule has 0 spiro atoms. The number of pyridine rings is 1. The number of nitrogens with one attached hydrogen (secondary N) is 1. The maximum Gasteiger partial charge on any atom is 0.271 e. The molecule has 0 saturated carbocycles. The summed E-state index contributed by atoms with van der Waals surface area (Å²) in [6.07, 6.45) is 6.35. The summed E-state index contributed by atoms with van der Waals surface area (Å²) in [6, 6.07) is 7.37. The fraction of sp³-hybridized carbons (Fsp3) is 0.188. The summed E-state index contributed by atoms with van der Waals surface area (Å²) in [4.78, 5) is 30.7. The number of rotatable bonds is 5. The number of anilines is 1. The van der Waals surface area contributed by atoms with Crippen molar-refractivity contribution in [2.75, 3.05) is 19.0 Å². The lowest BCUT2D eigenvalue weighted by Crippen LogP contribution is -2.23. The van der Waals surface area contributed by atoms with Crippen LogP contribution in [0.3, 0.4) is 0 Å². The van der Waals surface area contributed by atoms with Crippen LogP contribution in [-0.4, -0.2) is 44.5 Å². The van der Waals surface area contributed by atoms with Crippen molar-refractivity contribution < 1.29 is 4.79 Å². The first-order valence-electron chi connectivity index (χ1n) is 7.35. The molecule has 122 valence electrons. The summed E-state index contributed by atoms with van der Waals surface area (Å²) < 4.78 is 1.68. The first kappa shape index (κ1) is 15.6. The molecule has 0 unspecified atom stereocenters. The van der Waals surface area contributed by atoms with Gasteiger partial charge < -0.3 is 10.2 Å². The lowest BCUT2D eigenvalue weighted by molar-refractivity contribution is 0.0946. The van der Waals surface area contributed by atoms with Crippen molar-refractivity contribution in [3.05, 3.63) is 60.7 Å². The molecule has 3 heterocycles. The molecule has 0 aromatic carbocycles. The first-order chi connectivity index (χ1) is 11.6. The summed E-state index contributed by atoms with van der Waals surface area (Å²) >= 11 is 0. The third-order valence-electron chi connectivity index (χ3n) is 3.33. The maximum atomic E-state index is 12.2. The van der Waals surface area contributed by atoms with Crippen LogP contribution in [0.25, 0.3) is 5.82 Å². The van der Waals surface area contributed by atoms with E-state index < -0.39 is 0 Å². The maximum absolute atomic E-state index is 12.2. The summed E-state index contributed by atoms with van der Waals surface area (Å²) in [5.41, 5.74) is 1.10. The zero-order valence-electron chi connectivity index (χ0n) is 13.4. The van der Waals surface area contributed by atoms with Crippen LogP contribution >= 0.6 is 0 Å². The highest BCUT2D eigenvalue weighted by atomic mass is 16.1. The zero-order chi connectivity index (χ0) is 16.9. The molecule has 0 atom stereocenters. The van der Waals surface area contributed by atoms with Gasteiger partial charge in [0, 0.05) is 32.6 Å². The molecule has 1 N–H and O–H groups in total. The summed E-state index contributed by atoms with van der Waals surface area (Å²) in [5, 5.41) is 2.79. The Balaban J connectivity index is 1.71. The van der Waals surface area contributed by atoms with Gasteiger partial charge in [-0.2, -0.15) is 0 Å². The Kier molecular flexibility index (Phi) is 4.46. The van der Waals surface area contributed by atoms with Crippen LogP contribution in [-0.2, 0) is 6.54 Å². The van der Waals surface area contributed by atoms with Gasteiger partial charge in [0.15, 0.2) is 0 Å². The van der Waals surface area contributed by atoms with Gasteiger partial charge in [-0.15, -0.1) is 0 Å². The van der Waals surface area contributed by atoms with E-state index in [0.29, 0.717) is 18.1 Å². The van der Waals surface area contributed by atoms with Gasteiger partial charge in [0.2, 0.25) is 0 Å². The molecular weight excluding hydrogens is 306 g/mol. The fourth-order valence-corrected chi connectivity index (χ4v) is 2.05. The van der Waals surface area contributed by atoms with Gasteiger partial charge in [-0.05, 0) is 12.1 Å². The number of carbonyl (C=O) groups excluding carboxylic acids is 1. The van der Waals surface area contributed by atoms with Crippen molar-refractivity contribution in [1.29, 1.82) is 0 Å². The number of aromatic nitrogens is 5. The van der Waals surface area contributed by atoms with Crippen LogP contribution in [0, 0.1) is 0 Å². The molecule has 1 amide bonds. The van der Waals surface area contributed by atoms with E-state index in [1.54, 1.807) is 23.3 Å². The normalized spacial score (nSPS) is 10.4. The van der Waals surface area contributed by atoms with E-state index in [2.05, 4.69) is 25.3 Å². The monoisotopic (exact) mass is 323 g/mol. The van der Waals surface area contributed by atoms with Crippen molar-refractivity contribution in [3.8, 4) is 5.82 Å². The fourth-order valence-electron chi connectivity index (χ4n) is 2.05. The van der Waals surface area contributed by atoms with Gasteiger partial charge in [-0.1, -0.05) is 6.07 Å². The number of amides is 1. The highest BCUT2D eigenvalue weighted by Crippen LogP contribution is 2.11. The minimum absolute atomic E-state index is 0.263. The van der Waals surface area contributed by atoms with E-state index in [9.17, 15) is 4.79 Å². The molecule has 8 nitrogen and oxygen atoms in total. The van der Waals surface area contributed by atoms with Crippen LogP contribution < -0.4 is 10.2 Å². The minimum Gasteiger partial charge on any atom is -0.363 e. The average molecular weight is 323 g/mol. The number of imidazole rings is 1. The third kappa shape index (κ3) is 3.54. The molecule has 0 bridgehead atoms. The molecule has 3 aromatic heterocycles. The highest BCUT2D eigenvalue weighted by molar-refractivity contribution is 5.92. The van der Waals surface area contributed by atoms with E-state index in [1.807, 2.05) is 43.3 Å². The highest BCUT2D eigenvalue weighted by Gasteiger charge is 2.11. The number of hydrogen-bond acceptors (Lipinski definition) is 6. The Morgan fingerprint density at radius 2 is 2.08 bits per heavy atom. The quantitative estimate of drug-likeness (QED) is 0.755. The van der Waals surface area contributed by atoms with Gasteiger partial charge in [-0.25, -0.2) is 15.0 Å². The number of hydrogen-bond donors (Lipinski definition) is 1. The molecule has 3 aromatic rings. The third-order valence-corrected chi connectivity index (χ3v) is 3.33. The number of carbonyl (C=O) groups is 1. The van der Waals surface area contributed by atoms with Crippen molar-refractivity contribution >= 4 is 11.7 Å². The smallest absolute Gasteiger partial charge is 0.271 e. The van der Waals surface area contributed by atoms with Crippen LogP contribution in [0.2, 0.25) is 0 Å². The SMILES string of the molecule is CN(C)c1cc(-n2cnc(C(=O)NCc3ccccn3)c2)ncn1. The molecule has 0 fully saturated rings. The van der Waals surface area contributed by atoms with E-state index in [-0.39, 0.29) is 5.91 Å². The molecule has 3 rings (SSSR count). The standard InChI is InChI=1S/C16H17N7O/c1-22(2)14-7-15(20-10-19-14)23-9-13(21-11-23)16(24)18-8-12-5-3-4-6-17-12/h3-7,9-11H,8H2,1-2H3,(H,18,24). The van der Waals surface area contributed by atoms with E-state index in [1.165, 1.54) is 6.33 Å². The Morgan fingerprint density at radius 1 is 1.21 bits per heavy atom. The molecule has 0 radical (unpaired) electrons. The van der Waals surface area contributed by atoms with Gasteiger partial charge in [0.05, 0.1) is 12.2 Å². The predicted octanol–water partition coefficient (Wildman–Crippen LogP) is 1.05. The minimum atomic E-state index is -0.263. The number of nitrogens with zero attached hydrogens (tertiary/aromatic N) is 6. The van der Waals surface area contributed by atoms with Gasteiger partial charge >= 0.3 is 0 Å². The van der Waals surface area contributed by atoms with Crippen molar-refractivity contribution in [2.45, 2.75) is 6.54 Å².